The molecule has 0 saturated heterocycles. The van der Waals surface area contributed by atoms with Crippen LogP contribution in [-0.2, 0) is 0 Å². The van der Waals surface area contributed by atoms with Crippen LogP contribution in [-0.4, -0.2) is 34.3 Å². The minimum atomic E-state index is -0.248. The highest BCUT2D eigenvalue weighted by Crippen LogP contribution is 2.12. The maximum Gasteiger partial charge on any atom is 0.319 e. The second-order valence-electron chi connectivity index (χ2n) is 6.32. The lowest BCUT2D eigenvalue weighted by molar-refractivity contribution is 0.252. The maximum absolute atomic E-state index is 11.9. The number of nitrogens with zero attached hydrogens (tertiary/aromatic N) is 3. The number of pyridine rings is 1. The lowest BCUT2D eigenvalue weighted by atomic mass is 10.2. The molecule has 2 amide bonds. The summed E-state index contributed by atoms with van der Waals surface area (Å²) in [6.45, 7) is 4.97. The van der Waals surface area contributed by atoms with Gasteiger partial charge in [-0.25, -0.2) is 9.78 Å². The lowest BCUT2D eigenvalue weighted by Gasteiger charge is -2.09. The average molecular weight is 377 g/mol. The Bertz CT molecular complexity index is 893. The van der Waals surface area contributed by atoms with Crippen LogP contribution < -0.4 is 21.3 Å². The fraction of sp³-hybridized carbons (Fsp3) is 0.200. The molecular formula is C20H23N7O. The molecule has 3 aromatic rings. The van der Waals surface area contributed by atoms with Gasteiger partial charge in [-0.2, -0.15) is 0 Å². The average Bonchev–Trinajstić information content (AvgIpc) is 2.70. The van der Waals surface area contributed by atoms with Crippen LogP contribution in [0.15, 0.2) is 54.7 Å². The monoisotopic (exact) mass is 377 g/mol. The van der Waals surface area contributed by atoms with Gasteiger partial charge in [-0.1, -0.05) is 23.8 Å². The predicted molar refractivity (Wildman–Crippen MR) is 111 cm³/mol. The van der Waals surface area contributed by atoms with Crippen LogP contribution in [0.2, 0.25) is 0 Å². The van der Waals surface area contributed by atoms with Crippen LogP contribution >= 0.6 is 0 Å². The molecule has 0 radical (unpaired) electrons. The molecule has 0 aliphatic heterocycles. The van der Waals surface area contributed by atoms with Gasteiger partial charge in [0.2, 0.25) is 0 Å². The lowest BCUT2D eigenvalue weighted by Crippen LogP contribution is -2.32. The van der Waals surface area contributed by atoms with Crippen LogP contribution in [0.25, 0.3) is 0 Å². The fourth-order valence-electron chi connectivity index (χ4n) is 2.34. The van der Waals surface area contributed by atoms with E-state index in [0.717, 1.165) is 16.8 Å². The van der Waals surface area contributed by atoms with E-state index >= 15 is 0 Å². The van der Waals surface area contributed by atoms with E-state index in [-0.39, 0.29) is 6.03 Å². The van der Waals surface area contributed by atoms with E-state index in [1.807, 2.05) is 62.4 Å². The van der Waals surface area contributed by atoms with Crippen molar-refractivity contribution in [2.75, 3.05) is 29.0 Å². The second kappa shape index (κ2) is 9.31. The Kier molecular flexibility index (Phi) is 6.35. The topological polar surface area (TPSA) is 104 Å². The zero-order chi connectivity index (χ0) is 19.8. The molecular weight excluding hydrogens is 354 g/mol. The predicted octanol–water partition coefficient (Wildman–Crippen LogP) is 3.47. The van der Waals surface area contributed by atoms with Crippen LogP contribution in [0.3, 0.4) is 0 Å². The number of urea groups is 1. The maximum atomic E-state index is 11.9. The summed E-state index contributed by atoms with van der Waals surface area (Å²) in [4.78, 5) is 16.1. The number of aryl methyl sites for hydroxylation is 2. The molecule has 0 aliphatic rings. The first kappa shape index (κ1) is 19.1. The molecule has 0 aliphatic carbocycles. The number of carbonyl (C=O) groups is 1. The van der Waals surface area contributed by atoms with E-state index in [1.54, 1.807) is 6.20 Å². The number of hydrogen-bond donors (Lipinski definition) is 4. The van der Waals surface area contributed by atoms with E-state index in [4.69, 9.17) is 0 Å². The second-order valence-corrected chi connectivity index (χ2v) is 6.32. The smallest absolute Gasteiger partial charge is 0.319 e. The van der Waals surface area contributed by atoms with Crippen LogP contribution in [0.4, 0.5) is 27.9 Å². The molecule has 0 unspecified atom stereocenters. The van der Waals surface area contributed by atoms with E-state index < -0.39 is 0 Å². The van der Waals surface area contributed by atoms with E-state index in [2.05, 4.69) is 36.4 Å². The Morgan fingerprint density at radius 3 is 2.18 bits per heavy atom. The number of carbonyl (C=O) groups excluding carboxylic acids is 1. The third kappa shape index (κ3) is 5.94. The first-order valence-corrected chi connectivity index (χ1v) is 8.97. The van der Waals surface area contributed by atoms with Crippen molar-refractivity contribution in [1.29, 1.82) is 0 Å². The molecule has 28 heavy (non-hydrogen) atoms. The third-order valence-corrected chi connectivity index (χ3v) is 3.86. The molecule has 3 rings (SSSR count). The molecule has 2 heterocycles. The Morgan fingerprint density at radius 1 is 0.821 bits per heavy atom. The minimum absolute atomic E-state index is 0.248. The van der Waals surface area contributed by atoms with Crippen molar-refractivity contribution in [2.45, 2.75) is 13.8 Å². The number of aromatic nitrogens is 3. The molecule has 4 N–H and O–H groups in total. The van der Waals surface area contributed by atoms with Crippen molar-refractivity contribution in [1.82, 2.24) is 20.5 Å². The van der Waals surface area contributed by atoms with E-state index in [9.17, 15) is 4.79 Å². The van der Waals surface area contributed by atoms with Gasteiger partial charge in [0.25, 0.3) is 0 Å². The molecule has 1 aromatic carbocycles. The number of anilines is 4. The number of hydrogen-bond acceptors (Lipinski definition) is 6. The molecule has 2 aromatic heterocycles. The molecule has 0 fully saturated rings. The Labute approximate surface area is 163 Å². The largest absolute Gasteiger partial charge is 0.367 e. The summed E-state index contributed by atoms with van der Waals surface area (Å²) >= 11 is 0. The summed E-state index contributed by atoms with van der Waals surface area (Å²) in [6.07, 6.45) is 1.79. The Hall–Kier alpha value is -3.68. The van der Waals surface area contributed by atoms with Crippen LogP contribution in [0.1, 0.15) is 11.1 Å². The summed E-state index contributed by atoms with van der Waals surface area (Å²) in [6, 6.07) is 14.9. The summed E-state index contributed by atoms with van der Waals surface area (Å²) in [5.41, 5.74) is 3.00. The van der Waals surface area contributed by atoms with Gasteiger partial charge in [0.15, 0.2) is 5.82 Å². The number of amides is 2. The zero-order valence-corrected chi connectivity index (χ0v) is 15.9. The first-order chi connectivity index (χ1) is 13.6. The highest BCUT2D eigenvalue weighted by molar-refractivity contribution is 5.89. The van der Waals surface area contributed by atoms with Crippen molar-refractivity contribution >= 4 is 29.2 Å². The first-order valence-electron chi connectivity index (χ1n) is 8.97. The fourth-order valence-corrected chi connectivity index (χ4v) is 2.34. The Balaban J connectivity index is 1.38. The van der Waals surface area contributed by atoms with E-state index in [1.165, 1.54) is 0 Å². The van der Waals surface area contributed by atoms with Gasteiger partial charge in [0.05, 0.1) is 0 Å². The van der Waals surface area contributed by atoms with Gasteiger partial charge < -0.3 is 21.3 Å². The highest BCUT2D eigenvalue weighted by atomic mass is 16.2. The number of nitrogens with one attached hydrogen (secondary N) is 4. The van der Waals surface area contributed by atoms with Crippen LogP contribution in [0, 0.1) is 13.8 Å². The van der Waals surface area contributed by atoms with Gasteiger partial charge in [-0.05, 0) is 49.7 Å². The zero-order valence-electron chi connectivity index (χ0n) is 15.9. The van der Waals surface area contributed by atoms with Crippen molar-refractivity contribution in [3.8, 4) is 0 Å². The molecule has 0 bridgehead atoms. The summed E-state index contributed by atoms with van der Waals surface area (Å²) in [5.74, 6) is 1.95. The summed E-state index contributed by atoms with van der Waals surface area (Å²) < 4.78 is 0. The standard InChI is InChI=1S/C20H23N7O/c1-14-3-6-16(7-4-14)24-20(28)22-12-11-21-18-9-10-19(27-26-18)25-17-8-5-15(2)13-23-17/h3-10,13H,11-12H2,1-2H3,(H,21,26)(H2,22,24,28)(H,23,25,27). The normalized spacial score (nSPS) is 10.2. The van der Waals surface area contributed by atoms with Crippen molar-refractivity contribution < 1.29 is 4.79 Å². The van der Waals surface area contributed by atoms with E-state index in [0.29, 0.717) is 30.5 Å². The number of benzene rings is 1. The molecule has 144 valence electrons. The summed E-state index contributed by atoms with van der Waals surface area (Å²) in [7, 11) is 0. The quantitative estimate of drug-likeness (QED) is 0.470. The van der Waals surface area contributed by atoms with Gasteiger partial charge in [-0.15, -0.1) is 10.2 Å². The highest BCUT2D eigenvalue weighted by Gasteiger charge is 2.02. The third-order valence-electron chi connectivity index (χ3n) is 3.86. The van der Waals surface area contributed by atoms with Gasteiger partial charge >= 0.3 is 6.03 Å². The molecule has 8 heteroatoms. The van der Waals surface area contributed by atoms with Crippen molar-refractivity contribution in [3.05, 3.63) is 65.9 Å². The van der Waals surface area contributed by atoms with Gasteiger partial charge in [0, 0.05) is 25.0 Å². The minimum Gasteiger partial charge on any atom is -0.367 e. The molecule has 0 saturated carbocycles. The molecule has 0 spiro atoms. The van der Waals surface area contributed by atoms with Crippen LogP contribution in [0.5, 0.6) is 0 Å². The van der Waals surface area contributed by atoms with Gasteiger partial charge in [0.1, 0.15) is 11.6 Å². The van der Waals surface area contributed by atoms with Gasteiger partial charge in [-0.3, -0.25) is 0 Å². The number of rotatable bonds is 7. The molecule has 8 nitrogen and oxygen atoms in total. The van der Waals surface area contributed by atoms with Crippen molar-refractivity contribution in [3.63, 3.8) is 0 Å². The van der Waals surface area contributed by atoms with Crippen molar-refractivity contribution in [2.24, 2.45) is 0 Å². The SMILES string of the molecule is Cc1ccc(NC(=O)NCCNc2ccc(Nc3ccc(C)cn3)nn2)cc1. The Morgan fingerprint density at radius 2 is 1.50 bits per heavy atom. The molecule has 0 atom stereocenters. The summed E-state index contributed by atoms with van der Waals surface area (Å²) in [5, 5.41) is 20.0.